The Balaban J connectivity index is 3.06. The number of thiophene rings is 1. The Kier molecular flexibility index (Phi) is 6.90. The van der Waals surface area contributed by atoms with E-state index in [4.69, 9.17) is 4.74 Å². The van der Waals surface area contributed by atoms with Crippen LogP contribution in [0.2, 0.25) is 0 Å². The van der Waals surface area contributed by atoms with Crippen LogP contribution in [0, 0.1) is 0 Å². The van der Waals surface area contributed by atoms with Gasteiger partial charge in [0.1, 0.15) is 15.8 Å². The second-order valence-corrected chi connectivity index (χ2v) is 8.32. The van der Waals surface area contributed by atoms with Crippen molar-refractivity contribution in [2.24, 2.45) is 0 Å². The number of sulfonamides is 1. The highest BCUT2D eigenvalue weighted by Crippen LogP contribution is 2.23. The monoisotopic (exact) mass is 379 g/mol. The first-order valence-corrected chi connectivity index (χ1v) is 9.28. The van der Waals surface area contributed by atoms with Crippen LogP contribution in [0.4, 0.5) is 0 Å². The van der Waals surface area contributed by atoms with E-state index in [0.717, 1.165) is 25.6 Å². The minimum absolute atomic E-state index is 0.0784. The van der Waals surface area contributed by atoms with Crippen LogP contribution in [0.15, 0.2) is 16.3 Å². The third kappa shape index (κ3) is 5.55. The van der Waals surface area contributed by atoms with Crippen molar-refractivity contribution in [3.05, 3.63) is 16.3 Å². The molecule has 0 aliphatic rings. The molecule has 1 unspecified atom stereocenters. The van der Waals surface area contributed by atoms with Gasteiger partial charge in [0, 0.05) is 0 Å². The Bertz CT molecular complexity index is 688. The second-order valence-electron chi connectivity index (χ2n) is 5.73. The lowest BCUT2D eigenvalue weighted by Gasteiger charge is -2.23. The first-order valence-electron chi connectivity index (χ1n) is 6.91. The molecule has 0 saturated carbocycles. The lowest BCUT2D eigenvalue weighted by atomic mass is 10.2. The average molecular weight is 379 g/mol. The summed E-state index contributed by atoms with van der Waals surface area (Å²) in [5.74, 6) is -1.57. The van der Waals surface area contributed by atoms with E-state index < -0.39 is 33.6 Å². The van der Waals surface area contributed by atoms with Crippen LogP contribution in [-0.2, 0) is 29.0 Å². The van der Waals surface area contributed by atoms with E-state index in [1.54, 1.807) is 20.8 Å². The fourth-order valence-electron chi connectivity index (χ4n) is 1.63. The number of nitrogens with one attached hydrogen (secondary N) is 1. The van der Waals surface area contributed by atoms with Gasteiger partial charge in [-0.05, 0) is 32.2 Å². The number of ether oxygens (including phenoxy) is 3. The summed E-state index contributed by atoms with van der Waals surface area (Å²) in [4.78, 5) is 23.1. The van der Waals surface area contributed by atoms with Crippen LogP contribution in [0.1, 0.15) is 30.4 Å². The summed E-state index contributed by atoms with van der Waals surface area (Å²) in [5, 5.41) is 1.44. The molecule has 1 rings (SSSR count). The number of hydrogen-bond donors (Lipinski definition) is 1. The average Bonchev–Trinajstić information content (AvgIpc) is 2.99. The predicted octanol–water partition coefficient (Wildman–Crippen LogP) is 1.17. The van der Waals surface area contributed by atoms with Gasteiger partial charge < -0.3 is 14.2 Å². The Morgan fingerprint density at radius 3 is 2.38 bits per heavy atom. The van der Waals surface area contributed by atoms with E-state index in [1.807, 2.05) is 0 Å². The molecule has 0 amide bonds. The molecule has 0 saturated heterocycles. The third-order valence-corrected chi connectivity index (χ3v) is 5.29. The molecular weight excluding hydrogens is 358 g/mol. The molecular formula is C14H21NO7S2. The van der Waals surface area contributed by atoms with E-state index in [1.165, 1.54) is 11.4 Å². The molecule has 1 heterocycles. The lowest BCUT2D eigenvalue weighted by Crippen LogP contribution is -2.46. The normalized spacial score (nSPS) is 13.4. The second kappa shape index (κ2) is 8.06. The molecule has 136 valence electrons. The topological polar surface area (TPSA) is 108 Å². The number of methoxy groups -OCH3 is 2. The molecule has 0 aliphatic heterocycles. The lowest BCUT2D eigenvalue weighted by molar-refractivity contribution is -0.145. The van der Waals surface area contributed by atoms with Crippen molar-refractivity contribution in [1.29, 1.82) is 0 Å². The molecule has 1 atom stereocenters. The highest BCUT2D eigenvalue weighted by atomic mass is 32.2. The van der Waals surface area contributed by atoms with Gasteiger partial charge >= 0.3 is 11.9 Å². The zero-order valence-electron chi connectivity index (χ0n) is 14.1. The van der Waals surface area contributed by atoms with Crippen molar-refractivity contribution in [3.63, 3.8) is 0 Å². The molecule has 0 bridgehead atoms. The minimum Gasteiger partial charge on any atom is -0.468 e. The first-order chi connectivity index (χ1) is 11.0. The van der Waals surface area contributed by atoms with Gasteiger partial charge in [0.25, 0.3) is 0 Å². The summed E-state index contributed by atoms with van der Waals surface area (Å²) in [6.45, 7) is 5.09. The molecule has 24 heavy (non-hydrogen) atoms. The molecule has 0 aromatic carbocycles. The highest BCUT2D eigenvalue weighted by Gasteiger charge is 2.31. The molecule has 0 radical (unpaired) electrons. The predicted molar refractivity (Wildman–Crippen MR) is 87.5 cm³/mol. The number of carbonyl (C=O) groups is 2. The highest BCUT2D eigenvalue weighted by molar-refractivity contribution is 7.89. The SMILES string of the molecule is COC(=O)c1sccc1S(=O)(=O)NC(COC(C)(C)C)C(=O)OC. The zero-order valence-corrected chi connectivity index (χ0v) is 15.7. The van der Waals surface area contributed by atoms with Gasteiger partial charge in [0.15, 0.2) is 0 Å². The van der Waals surface area contributed by atoms with Gasteiger partial charge in [-0.3, -0.25) is 4.79 Å². The summed E-state index contributed by atoms with van der Waals surface area (Å²) >= 11 is 0.927. The number of esters is 2. The van der Waals surface area contributed by atoms with Crippen molar-refractivity contribution in [3.8, 4) is 0 Å². The number of carbonyl (C=O) groups excluding carboxylic acids is 2. The molecule has 1 aromatic heterocycles. The molecule has 1 N–H and O–H groups in total. The van der Waals surface area contributed by atoms with E-state index in [0.29, 0.717) is 0 Å². The maximum Gasteiger partial charge on any atom is 0.349 e. The smallest absolute Gasteiger partial charge is 0.349 e. The fraction of sp³-hybridized carbons (Fsp3) is 0.571. The molecule has 0 aliphatic carbocycles. The van der Waals surface area contributed by atoms with Crippen LogP contribution in [0.25, 0.3) is 0 Å². The van der Waals surface area contributed by atoms with Crippen molar-refractivity contribution >= 4 is 33.3 Å². The molecule has 8 nitrogen and oxygen atoms in total. The van der Waals surface area contributed by atoms with Gasteiger partial charge in [-0.15, -0.1) is 11.3 Å². The number of hydrogen-bond acceptors (Lipinski definition) is 8. The van der Waals surface area contributed by atoms with Crippen LogP contribution in [-0.4, -0.2) is 52.8 Å². The van der Waals surface area contributed by atoms with Crippen LogP contribution < -0.4 is 4.72 Å². The third-order valence-electron chi connectivity index (χ3n) is 2.76. The van der Waals surface area contributed by atoms with E-state index in [-0.39, 0.29) is 16.4 Å². The standard InChI is InChI=1S/C14H21NO7S2/c1-14(2,3)22-8-9(12(16)20-4)15-24(18,19)10-6-7-23-11(10)13(17)21-5/h6-7,9,15H,8H2,1-5H3. The summed E-state index contributed by atoms with van der Waals surface area (Å²) < 4.78 is 41.9. The van der Waals surface area contributed by atoms with Crippen molar-refractivity contribution in [2.45, 2.75) is 37.3 Å². The summed E-state index contributed by atoms with van der Waals surface area (Å²) in [5.41, 5.74) is -0.572. The summed E-state index contributed by atoms with van der Waals surface area (Å²) in [6, 6.07) is 0.0164. The largest absolute Gasteiger partial charge is 0.468 e. The minimum atomic E-state index is -4.15. The summed E-state index contributed by atoms with van der Waals surface area (Å²) in [6.07, 6.45) is 0. The molecule has 0 fully saturated rings. The van der Waals surface area contributed by atoms with E-state index in [2.05, 4.69) is 14.2 Å². The van der Waals surface area contributed by atoms with Gasteiger partial charge in [-0.1, -0.05) is 0 Å². The van der Waals surface area contributed by atoms with Gasteiger partial charge in [0.2, 0.25) is 10.0 Å². The molecule has 0 spiro atoms. The summed E-state index contributed by atoms with van der Waals surface area (Å²) in [7, 11) is -1.85. The Hall–Kier alpha value is -1.49. The Labute approximate surface area is 145 Å². The van der Waals surface area contributed by atoms with Crippen molar-refractivity contribution in [1.82, 2.24) is 4.72 Å². The Morgan fingerprint density at radius 2 is 1.88 bits per heavy atom. The molecule has 1 aromatic rings. The van der Waals surface area contributed by atoms with Crippen molar-refractivity contribution in [2.75, 3.05) is 20.8 Å². The van der Waals surface area contributed by atoms with Crippen LogP contribution >= 0.6 is 11.3 Å². The molecule has 10 heteroatoms. The van der Waals surface area contributed by atoms with E-state index >= 15 is 0 Å². The van der Waals surface area contributed by atoms with Gasteiger partial charge in [-0.2, -0.15) is 4.72 Å². The quantitative estimate of drug-likeness (QED) is 0.709. The van der Waals surface area contributed by atoms with E-state index in [9.17, 15) is 18.0 Å². The van der Waals surface area contributed by atoms with Crippen molar-refractivity contribution < 1.29 is 32.2 Å². The maximum absolute atomic E-state index is 12.5. The van der Waals surface area contributed by atoms with Gasteiger partial charge in [-0.25, -0.2) is 13.2 Å². The zero-order chi connectivity index (χ0) is 18.5. The fourth-order valence-corrected chi connectivity index (χ4v) is 4.13. The first kappa shape index (κ1) is 20.6. The maximum atomic E-state index is 12.5. The van der Waals surface area contributed by atoms with Gasteiger partial charge in [0.05, 0.1) is 26.4 Å². The van der Waals surface area contributed by atoms with Crippen LogP contribution in [0.3, 0.4) is 0 Å². The van der Waals surface area contributed by atoms with Crippen LogP contribution in [0.5, 0.6) is 0 Å². The Morgan fingerprint density at radius 1 is 1.25 bits per heavy atom. The number of rotatable bonds is 7.